The fourth-order valence-electron chi connectivity index (χ4n) is 1.84. The first kappa shape index (κ1) is 14.5. The van der Waals surface area contributed by atoms with Gasteiger partial charge in [0.15, 0.2) is 0 Å². The number of methoxy groups -OCH3 is 1. The van der Waals surface area contributed by atoms with Crippen molar-refractivity contribution in [3.8, 4) is 5.75 Å². The van der Waals surface area contributed by atoms with E-state index in [1.54, 1.807) is 24.3 Å². The fourth-order valence-corrected chi connectivity index (χ4v) is 2.68. The van der Waals surface area contributed by atoms with Gasteiger partial charge in [0.1, 0.15) is 17.7 Å². The van der Waals surface area contributed by atoms with Crippen molar-refractivity contribution in [2.45, 2.75) is 6.10 Å². The van der Waals surface area contributed by atoms with E-state index in [9.17, 15) is 9.50 Å². The first-order valence-electron chi connectivity index (χ1n) is 5.50. The minimum Gasteiger partial charge on any atom is -0.496 e. The van der Waals surface area contributed by atoms with Crippen LogP contribution < -0.4 is 4.74 Å². The smallest absolute Gasteiger partial charge is 0.133 e. The van der Waals surface area contributed by atoms with Crippen molar-refractivity contribution in [2.24, 2.45) is 0 Å². The Kier molecular flexibility index (Phi) is 4.60. The highest BCUT2D eigenvalue weighted by Crippen LogP contribution is 2.36. The Morgan fingerprint density at radius 1 is 1.21 bits per heavy atom. The standard InChI is InChI=1S/C14H11Br2FO2/c1-19-12-4-2-3-11(17)13(12)14(18)9-7-8(15)5-6-10(9)16/h2-7,14,18H,1H3. The molecule has 0 aliphatic heterocycles. The summed E-state index contributed by atoms with van der Waals surface area (Å²) < 4.78 is 20.6. The van der Waals surface area contributed by atoms with Gasteiger partial charge in [-0.25, -0.2) is 4.39 Å². The summed E-state index contributed by atoms with van der Waals surface area (Å²) in [6, 6.07) is 9.82. The number of aliphatic hydroxyl groups is 1. The van der Waals surface area contributed by atoms with Crippen molar-refractivity contribution in [3.63, 3.8) is 0 Å². The van der Waals surface area contributed by atoms with E-state index < -0.39 is 11.9 Å². The molecule has 0 bridgehead atoms. The highest BCUT2D eigenvalue weighted by atomic mass is 79.9. The third-order valence-electron chi connectivity index (χ3n) is 2.76. The highest BCUT2D eigenvalue weighted by molar-refractivity contribution is 9.11. The number of hydrogen-bond acceptors (Lipinski definition) is 2. The average molecular weight is 390 g/mol. The number of benzene rings is 2. The molecule has 0 aromatic heterocycles. The van der Waals surface area contributed by atoms with E-state index >= 15 is 0 Å². The molecular weight excluding hydrogens is 379 g/mol. The summed E-state index contributed by atoms with van der Waals surface area (Å²) >= 11 is 6.69. The van der Waals surface area contributed by atoms with Crippen LogP contribution in [0.4, 0.5) is 4.39 Å². The quantitative estimate of drug-likeness (QED) is 0.840. The summed E-state index contributed by atoms with van der Waals surface area (Å²) in [5.41, 5.74) is 0.696. The van der Waals surface area contributed by atoms with Crippen LogP contribution in [-0.4, -0.2) is 12.2 Å². The third kappa shape index (κ3) is 2.99. The monoisotopic (exact) mass is 388 g/mol. The van der Waals surface area contributed by atoms with Crippen LogP contribution in [-0.2, 0) is 0 Å². The molecule has 0 aliphatic carbocycles. The summed E-state index contributed by atoms with van der Waals surface area (Å²) in [7, 11) is 1.45. The van der Waals surface area contributed by atoms with Gasteiger partial charge in [0, 0.05) is 14.5 Å². The zero-order valence-corrected chi connectivity index (χ0v) is 13.2. The Bertz CT molecular complexity index is 602. The zero-order chi connectivity index (χ0) is 14.0. The first-order chi connectivity index (χ1) is 9.04. The molecule has 0 aliphatic rings. The molecule has 2 nitrogen and oxygen atoms in total. The lowest BCUT2D eigenvalue weighted by atomic mass is 10.00. The number of halogens is 3. The van der Waals surface area contributed by atoms with Crippen LogP contribution in [0.25, 0.3) is 0 Å². The first-order valence-corrected chi connectivity index (χ1v) is 7.08. The maximum atomic E-state index is 13.9. The molecule has 2 aromatic carbocycles. The number of ether oxygens (including phenoxy) is 1. The normalized spacial score (nSPS) is 12.3. The molecule has 0 saturated carbocycles. The molecule has 2 rings (SSSR count). The summed E-state index contributed by atoms with van der Waals surface area (Å²) in [6.45, 7) is 0. The molecule has 1 unspecified atom stereocenters. The molecule has 5 heteroatoms. The van der Waals surface area contributed by atoms with E-state index in [2.05, 4.69) is 31.9 Å². The van der Waals surface area contributed by atoms with Crippen LogP contribution in [0.2, 0.25) is 0 Å². The number of rotatable bonds is 3. The molecule has 0 heterocycles. The highest BCUT2D eigenvalue weighted by Gasteiger charge is 2.21. The maximum Gasteiger partial charge on any atom is 0.133 e. The van der Waals surface area contributed by atoms with Crippen molar-refractivity contribution < 1.29 is 14.2 Å². The van der Waals surface area contributed by atoms with E-state index in [0.29, 0.717) is 15.8 Å². The molecule has 0 fully saturated rings. The van der Waals surface area contributed by atoms with E-state index in [0.717, 1.165) is 4.47 Å². The average Bonchev–Trinajstić information content (AvgIpc) is 2.40. The molecule has 0 spiro atoms. The SMILES string of the molecule is COc1cccc(F)c1C(O)c1cc(Br)ccc1Br. The Labute approximate surface area is 127 Å². The van der Waals surface area contributed by atoms with E-state index in [1.807, 2.05) is 6.07 Å². The van der Waals surface area contributed by atoms with Crippen molar-refractivity contribution in [3.05, 3.63) is 62.3 Å². The lowest BCUT2D eigenvalue weighted by Crippen LogP contribution is -2.06. The van der Waals surface area contributed by atoms with Crippen LogP contribution in [0.15, 0.2) is 45.3 Å². The topological polar surface area (TPSA) is 29.5 Å². The van der Waals surface area contributed by atoms with Gasteiger partial charge in [-0.15, -0.1) is 0 Å². The van der Waals surface area contributed by atoms with Crippen LogP contribution in [0.5, 0.6) is 5.75 Å². The van der Waals surface area contributed by atoms with Crippen molar-refractivity contribution >= 4 is 31.9 Å². The summed E-state index contributed by atoms with van der Waals surface area (Å²) in [5.74, 6) is -0.182. The largest absolute Gasteiger partial charge is 0.496 e. The fraction of sp³-hybridized carbons (Fsp3) is 0.143. The Hall–Kier alpha value is -0.910. The van der Waals surface area contributed by atoms with Crippen molar-refractivity contribution in [2.75, 3.05) is 7.11 Å². The molecule has 2 aromatic rings. The number of aliphatic hydroxyl groups excluding tert-OH is 1. The van der Waals surface area contributed by atoms with Gasteiger partial charge in [0.2, 0.25) is 0 Å². The van der Waals surface area contributed by atoms with Gasteiger partial charge in [-0.3, -0.25) is 0 Å². The molecule has 0 amide bonds. The van der Waals surface area contributed by atoms with Gasteiger partial charge in [-0.1, -0.05) is 37.9 Å². The van der Waals surface area contributed by atoms with Gasteiger partial charge in [-0.2, -0.15) is 0 Å². The summed E-state index contributed by atoms with van der Waals surface area (Å²) in [6.07, 6.45) is -1.11. The lowest BCUT2D eigenvalue weighted by molar-refractivity contribution is 0.208. The molecule has 100 valence electrons. The molecule has 1 N–H and O–H groups in total. The lowest BCUT2D eigenvalue weighted by Gasteiger charge is -2.17. The Balaban J connectivity index is 2.55. The summed E-state index contributed by atoms with van der Waals surface area (Å²) in [4.78, 5) is 0. The second-order valence-corrected chi connectivity index (χ2v) is 5.69. The van der Waals surface area contributed by atoms with Gasteiger partial charge in [-0.05, 0) is 30.3 Å². The predicted octanol–water partition coefficient (Wildman–Crippen LogP) is 4.44. The molecular formula is C14H11Br2FO2. The van der Waals surface area contributed by atoms with Gasteiger partial charge in [0.25, 0.3) is 0 Å². The van der Waals surface area contributed by atoms with Crippen LogP contribution in [0.3, 0.4) is 0 Å². The molecule has 1 atom stereocenters. The van der Waals surface area contributed by atoms with E-state index in [4.69, 9.17) is 4.74 Å². The van der Waals surface area contributed by atoms with Crippen molar-refractivity contribution in [1.82, 2.24) is 0 Å². The minimum atomic E-state index is -1.11. The van der Waals surface area contributed by atoms with Gasteiger partial charge >= 0.3 is 0 Å². The van der Waals surface area contributed by atoms with Crippen LogP contribution in [0.1, 0.15) is 17.2 Å². The van der Waals surface area contributed by atoms with Crippen molar-refractivity contribution in [1.29, 1.82) is 0 Å². The second kappa shape index (κ2) is 6.03. The minimum absolute atomic E-state index is 0.129. The molecule has 0 radical (unpaired) electrons. The van der Waals surface area contributed by atoms with Crippen LogP contribution in [0, 0.1) is 5.82 Å². The van der Waals surface area contributed by atoms with Gasteiger partial charge < -0.3 is 9.84 Å². The Morgan fingerprint density at radius 3 is 2.63 bits per heavy atom. The zero-order valence-electron chi connectivity index (χ0n) is 10.0. The predicted molar refractivity (Wildman–Crippen MR) is 78.9 cm³/mol. The van der Waals surface area contributed by atoms with Crippen LogP contribution >= 0.6 is 31.9 Å². The Morgan fingerprint density at radius 2 is 1.95 bits per heavy atom. The molecule has 0 saturated heterocycles. The third-order valence-corrected chi connectivity index (χ3v) is 3.97. The second-order valence-electron chi connectivity index (χ2n) is 3.92. The van der Waals surface area contributed by atoms with Gasteiger partial charge in [0.05, 0.1) is 12.7 Å². The van der Waals surface area contributed by atoms with E-state index in [-0.39, 0.29) is 5.56 Å². The molecule has 19 heavy (non-hydrogen) atoms. The number of hydrogen-bond donors (Lipinski definition) is 1. The maximum absolute atomic E-state index is 13.9. The van der Waals surface area contributed by atoms with E-state index in [1.165, 1.54) is 13.2 Å². The summed E-state index contributed by atoms with van der Waals surface area (Å²) in [5, 5.41) is 10.4.